The lowest BCUT2D eigenvalue weighted by molar-refractivity contribution is 0.349. The number of halogens is 2. The topological polar surface area (TPSA) is 63.4 Å². The molecule has 0 bridgehead atoms. The lowest BCUT2D eigenvalue weighted by Crippen LogP contribution is -2.34. The summed E-state index contributed by atoms with van der Waals surface area (Å²) in [6.07, 6.45) is 0.740. The van der Waals surface area contributed by atoms with Crippen molar-refractivity contribution < 1.29 is 12.8 Å². The second-order valence-corrected chi connectivity index (χ2v) is 8.40. The second-order valence-electron chi connectivity index (χ2n) is 5.64. The fourth-order valence-corrected chi connectivity index (χ4v) is 4.71. The molecule has 0 amide bonds. The summed E-state index contributed by atoms with van der Waals surface area (Å²) < 4.78 is 40.4. The van der Waals surface area contributed by atoms with Crippen LogP contribution in [0.25, 0.3) is 0 Å². The molecule has 20 heavy (non-hydrogen) atoms. The highest BCUT2D eigenvalue weighted by Gasteiger charge is 2.39. The lowest BCUT2D eigenvalue weighted by Gasteiger charge is -2.23. The first-order valence-electron chi connectivity index (χ1n) is 6.35. The van der Waals surface area contributed by atoms with Crippen LogP contribution in [-0.2, 0) is 10.0 Å². The van der Waals surface area contributed by atoms with Gasteiger partial charge in [-0.3, -0.25) is 0 Å². The second kappa shape index (κ2) is 5.36. The van der Waals surface area contributed by atoms with Gasteiger partial charge >= 0.3 is 0 Å². The van der Waals surface area contributed by atoms with Gasteiger partial charge in [0, 0.05) is 13.1 Å². The molecule has 1 aliphatic rings. The number of sulfonamides is 1. The van der Waals surface area contributed by atoms with Gasteiger partial charge in [0.2, 0.25) is 10.0 Å². The Kier molecular flexibility index (Phi) is 4.26. The number of rotatable bonds is 3. The SMILES string of the molecule is Cc1cc(F)c(Br)cc1S(=O)(=O)N1CCC(C)(CN)C1. The Bertz CT molecular complexity index is 636. The van der Waals surface area contributed by atoms with Gasteiger partial charge in [-0.25, -0.2) is 12.8 Å². The standard InChI is InChI=1S/C13H18BrFN2O2S/c1-9-5-11(15)10(14)6-12(9)20(18,19)17-4-3-13(2,7-16)8-17/h5-6H,3-4,7-8,16H2,1-2H3. The highest BCUT2D eigenvalue weighted by molar-refractivity contribution is 9.10. The van der Waals surface area contributed by atoms with Gasteiger partial charge in [-0.05, 0) is 58.9 Å². The van der Waals surface area contributed by atoms with Gasteiger partial charge < -0.3 is 5.73 Å². The normalized spacial score (nSPS) is 24.2. The van der Waals surface area contributed by atoms with Crippen LogP contribution in [0.5, 0.6) is 0 Å². The van der Waals surface area contributed by atoms with E-state index in [9.17, 15) is 12.8 Å². The van der Waals surface area contributed by atoms with Gasteiger partial charge in [-0.15, -0.1) is 0 Å². The Morgan fingerprint density at radius 3 is 2.70 bits per heavy atom. The summed E-state index contributed by atoms with van der Waals surface area (Å²) in [6.45, 7) is 4.88. The quantitative estimate of drug-likeness (QED) is 0.894. The van der Waals surface area contributed by atoms with Crippen LogP contribution < -0.4 is 5.73 Å². The third-order valence-electron chi connectivity index (χ3n) is 3.85. The molecule has 112 valence electrons. The number of nitrogens with two attached hydrogens (primary N) is 1. The number of aryl methyl sites for hydroxylation is 1. The van der Waals surface area contributed by atoms with Gasteiger partial charge in [0.1, 0.15) is 5.82 Å². The molecule has 0 aromatic heterocycles. The van der Waals surface area contributed by atoms with Crippen molar-refractivity contribution in [2.45, 2.75) is 25.2 Å². The van der Waals surface area contributed by atoms with E-state index in [-0.39, 0.29) is 14.8 Å². The van der Waals surface area contributed by atoms with E-state index in [0.717, 1.165) is 6.42 Å². The van der Waals surface area contributed by atoms with E-state index < -0.39 is 15.8 Å². The fourth-order valence-electron chi connectivity index (χ4n) is 2.40. The third-order valence-corrected chi connectivity index (χ3v) is 6.45. The highest BCUT2D eigenvalue weighted by Crippen LogP contribution is 2.34. The molecule has 1 aliphatic heterocycles. The van der Waals surface area contributed by atoms with Crippen molar-refractivity contribution in [3.05, 3.63) is 28.0 Å². The van der Waals surface area contributed by atoms with Crippen LogP contribution in [0.4, 0.5) is 4.39 Å². The van der Waals surface area contributed by atoms with E-state index in [2.05, 4.69) is 15.9 Å². The van der Waals surface area contributed by atoms with E-state index in [1.807, 2.05) is 6.92 Å². The average molecular weight is 365 g/mol. The minimum Gasteiger partial charge on any atom is -0.330 e. The summed E-state index contributed by atoms with van der Waals surface area (Å²) in [5.74, 6) is -0.463. The van der Waals surface area contributed by atoms with E-state index in [1.165, 1.54) is 16.4 Å². The van der Waals surface area contributed by atoms with Crippen molar-refractivity contribution >= 4 is 26.0 Å². The molecule has 0 aliphatic carbocycles. The van der Waals surface area contributed by atoms with E-state index in [4.69, 9.17) is 5.73 Å². The minimum absolute atomic E-state index is 0.145. The predicted octanol–water partition coefficient (Wildman–Crippen LogP) is 2.26. The molecule has 7 heteroatoms. The van der Waals surface area contributed by atoms with Crippen molar-refractivity contribution in [2.75, 3.05) is 19.6 Å². The summed E-state index contributed by atoms with van der Waals surface area (Å²) >= 11 is 3.04. The van der Waals surface area contributed by atoms with Crippen molar-refractivity contribution in [2.24, 2.45) is 11.1 Å². The number of nitrogens with zero attached hydrogens (tertiary/aromatic N) is 1. The molecule has 2 N–H and O–H groups in total. The molecule has 1 aromatic carbocycles. The maximum Gasteiger partial charge on any atom is 0.243 e. The zero-order valence-electron chi connectivity index (χ0n) is 11.5. The van der Waals surface area contributed by atoms with Crippen molar-refractivity contribution in [3.63, 3.8) is 0 Å². The molecule has 1 atom stereocenters. The van der Waals surface area contributed by atoms with Gasteiger partial charge in [0.25, 0.3) is 0 Å². The van der Waals surface area contributed by atoms with Crippen LogP contribution in [-0.4, -0.2) is 32.4 Å². The molecule has 4 nitrogen and oxygen atoms in total. The van der Waals surface area contributed by atoms with Gasteiger partial charge in [-0.1, -0.05) is 6.92 Å². The molecule has 1 unspecified atom stereocenters. The molecular weight excluding hydrogens is 347 g/mol. The molecule has 1 heterocycles. The van der Waals surface area contributed by atoms with Crippen LogP contribution in [0.1, 0.15) is 18.9 Å². The largest absolute Gasteiger partial charge is 0.330 e. The first kappa shape index (κ1) is 15.9. The highest BCUT2D eigenvalue weighted by atomic mass is 79.9. The summed E-state index contributed by atoms with van der Waals surface area (Å²) in [5, 5.41) is 0. The van der Waals surface area contributed by atoms with Crippen LogP contribution in [0.15, 0.2) is 21.5 Å². The average Bonchev–Trinajstić information content (AvgIpc) is 2.78. The smallest absolute Gasteiger partial charge is 0.243 e. The Morgan fingerprint density at radius 1 is 1.50 bits per heavy atom. The van der Waals surface area contributed by atoms with Crippen molar-refractivity contribution in [3.8, 4) is 0 Å². The summed E-state index contributed by atoms with van der Waals surface area (Å²) in [4.78, 5) is 0.145. The van der Waals surface area contributed by atoms with Crippen LogP contribution >= 0.6 is 15.9 Å². The van der Waals surface area contributed by atoms with E-state index in [0.29, 0.717) is 25.2 Å². The van der Waals surface area contributed by atoms with Gasteiger partial charge in [0.05, 0.1) is 9.37 Å². The Morgan fingerprint density at radius 2 is 2.15 bits per heavy atom. The Hall–Kier alpha value is -0.500. The van der Waals surface area contributed by atoms with Gasteiger partial charge in [0.15, 0.2) is 0 Å². The zero-order chi connectivity index (χ0) is 15.1. The predicted molar refractivity (Wildman–Crippen MR) is 79.4 cm³/mol. The van der Waals surface area contributed by atoms with E-state index >= 15 is 0 Å². The molecule has 2 rings (SSSR count). The molecule has 0 saturated carbocycles. The van der Waals surface area contributed by atoms with Crippen molar-refractivity contribution in [1.29, 1.82) is 0 Å². The van der Waals surface area contributed by atoms with E-state index in [1.54, 1.807) is 6.92 Å². The van der Waals surface area contributed by atoms with Crippen LogP contribution in [0.3, 0.4) is 0 Å². The Balaban J connectivity index is 2.40. The number of hydrogen-bond acceptors (Lipinski definition) is 3. The fraction of sp³-hybridized carbons (Fsp3) is 0.538. The number of hydrogen-bond donors (Lipinski definition) is 1. The zero-order valence-corrected chi connectivity index (χ0v) is 13.9. The molecule has 1 saturated heterocycles. The molecular formula is C13H18BrFN2O2S. The monoisotopic (exact) mass is 364 g/mol. The third kappa shape index (κ3) is 2.77. The Labute approximate surface area is 127 Å². The maximum absolute atomic E-state index is 13.4. The summed E-state index contributed by atoms with van der Waals surface area (Å²) in [6, 6.07) is 2.56. The summed E-state index contributed by atoms with van der Waals surface area (Å²) in [7, 11) is -3.61. The molecule has 1 aromatic rings. The molecule has 1 fully saturated rings. The van der Waals surface area contributed by atoms with Crippen LogP contribution in [0.2, 0.25) is 0 Å². The van der Waals surface area contributed by atoms with Gasteiger partial charge in [-0.2, -0.15) is 4.31 Å². The molecule has 0 radical (unpaired) electrons. The maximum atomic E-state index is 13.4. The first-order valence-corrected chi connectivity index (χ1v) is 8.59. The number of benzene rings is 1. The lowest BCUT2D eigenvalue weighted by atomic mass is 9.90. The summed E-state index contributed by atoms with van der Waals surface area (Å²) in [5.41, 5.74) is 5.93. The molecule has 0 spiro atoms. The minimum atomic E-state index is -3.61. The van der Waals surface area contributed by atoms with Crippen molar-refractivity contribution in [1.82, 2.24) is 4.31 Å². The van der Waals surface area contributed by atoms with Crippen LogP contribution in [0, 0.1) is 18.2 Å². The first-order chi connectivity index (χ1) is 9.19.